The Morgan fingerprint density at radius 3 is 2.55 bits per heavy atom. The molecule has 0 saturated carbocycles. The van der Waals surface area contributed by atoms with Gasteiger partial charge in [-0.3, -0.25) is 19.0 Å². The van der Waals surface area contributed by atoms with Crippen LogP contribution in [0.1, 0.15) is 34.0 Å². The Morgan fingerprint density at radius 2 is 1.76 bits per heavy atom. The molecule has 0 bridgehead atoms. The van der Waals surface area contributed by atoms with Crippen LogP contribution >= 0.6 is 11.8 Å². The number of hydrogen-bond acceptors (Lipinski definition) is 6. The zero-order valence-corrected chi connectivity index (χ0v) is 22.1. The minimum Gasteiger partial charge on any atom is -0.465 e. The van der Waals surface area contributed by atoms with Crippen LogP contribution in [0.5, 0.6) is 0 Å². The van der Waals surface area contributed by atoms with Gasteiger partial charge in [0.25, 0.3) is 11.5 Å². The number of hydrogen-bond donors (Lipinski definition) is 0. The molecule has 2 heterocycles. The Bertz CT molecular complexity index is 1530. The van der Waals surface area contributed by atoms with Gasteiger partial charge >= 0.3 is 5.97 Å². The maximum Gasteiger partial charge on any atom is 0.316 e. The summed E-state index contributed by atoms with van der Waals surface area (Å²) in [6, 6.07) is 23.2. The van der Waals surface area contributed by atoms with Crippen molar-refractivity contribution in [2.45, 2.75) is 38.0 Å². The molecule has 4 aromatic rings. The molecule has 8 heteroatoms. The van der Waals surface area contributed by atoms with E-state index in [-0.39, 0.29) is 29.8 Å². The number of benzene rings is 3. The van der Waals surface area contributed by atoms with Gasteiger partial charge in [-0.05, 0) is 54.7 Å². The van der Waals surface area contributed by atoms with Crippen LogP contribution in [0.3, 0.4) is 0 Å². The van der Waals surface area contributed by atoms with E-state index in [2.05, 4.69) is 12.1 Å². The molecule has 0 unspecified atom stereocenters. The van der Waals surface area contributed by atoms with Gasteiger partial charge in [-0.2, -0.15) is 0 Å². The zero-order chi connectivity index (χ0) is 26.5. The summed E-state index contributed by atoms with van der Waals surface area (Å²) in [5, 5.41) is 0.877. The van der Waals surface area contributed by atoms with Crippen molar-refractivity contribution in [1.29, 1.82) is 0 Å². The van der Waals surface area contributed by atoms with Gasteiger partial charge in [-0.1, -0.05) is 66.4 Å². The maximum absolute atomic E-state index is 13.6. The molecule has 1 aliphatic heterocycles. The van der Waals surface area contributed by atoms with Crippen LogP contribution in [0, 0.1) is 0 Å². The summed E-state index contributed by atoms with van der Waals surface area (Å²) in [6.07, 6.45) is 1.46. The van der Waals surface area contributed by atoms with Crippen LogP contribution in [0.4, 0.5) is 0 Å². The minimum absolute atomic E-state index is 0.0446. The predicted molar refractivity (Wildman–Crippen MR) is 148 cm³/mol. The Morgan fingerprint density at radius 1 is 1.00 bits per heavy atom. The molecule has 7 nitrogen and oxygen atoms in total. The van der Waals surface area contributed by atoms with E-state index < -0.39 is 0 Å². The van der Waals surface area contributed by atoms with Gasteiger partial charge in [0, 0.05) is 25.2 Å². The van der Waals surface area contributed by atoms with E-state index in [1.807, 2.05) is 47.4 Å². The first kappa shape index (κ1) is 25.7. The van der Waals surface area contributed by atoms with Gasteiger partial charge in [0.15, 0.2) is 5.16 Å². The second kappa shape index (κ2) is 11.6. The van der Waals surface area contributed by atoms with Gasteiger partial charge < -0.3 is 9.64 Å². The van der Waals surface area contributed by atoms with Crippen LogP contribution in [-0.4, -0.2) is 45.2 Å². The number of amides is 1. The van der Waals surface area contributed by atoms with Gasteiger partial charge in [0.05, 0.1) is 23.3 Å². The normalized spacial score (nSPS) is 12.8. The number of nitrogens with zero attached hydrogens (tertiary/aromatic N) is 3. The van der Waals surface area contributed by atoms with Crippen molar-refractivity contribution in [2.75, 3.05) is 18.9 Å². The van der Waals surface area contributed by atoms with Crippen molar-refractivity contribution in [1.82, 2.24) is 14.5 Å². The van der Waals surface area contributed by atoms with E-state index in [0.29, 0.717) is 47.7 Å². The third-order valence-electron chi connectivity index (χ3n) is 6.68. The molecular weight excluding hydrogens is 498 g/mol. The standard InChI is InChI=1S/C30H29N3O4S/c1-2-37-27(34)20-38-30-31-26-18-23(28(35)32-16-15-22-10-6-7-11-24(22)19-32)12-13-25(26)29(36)33(30)17-14-21-8-4-3-5-9-21/h3-13,18H,2,14-17,19-20H2,1H3. The highest BCUT2D eigenvalue weighted by molar-refractivity contribution is 7.99. The van der Waals surface area contributed by atoms with Gasteiger partial charge in [0.2, 0.25) is 0 Å². The first-order valence-corrected chi connectivity index (χ1v) is 13.7. The average molecular weight is 528 g/mol. The third kappa shape index (κ3) is 5.65. The molecule has 0 atom stereocenters. The van der Waals surface area contributed by atoms with Crippen LogP contribution in [0.15, 0.2) is 82.7 Å². The molecule has 5 rings (SSSR count). The second-order valence-corrected chi connectivity index (χ2v) is 10.1. The molecule has 1 aliphatic rings. The van der Waals surface area contributed by atoms with Gasteiger partial charge in [-0.15, -0.1) is 0 Å². The molecule has 0 fully saturated rings. The SMILES string of the molecule is CCOC(=O)CSc1nc2cc(C(=O)N3CCc4ccccc4C3)ccc2c(=O)n1CCc1ccccc1. The molecule has 194 valence electrons. The number of esters is 1. The van der Waals surface area contributed by atoms with Crippen molar-refractivity contribution in [3.8, 4) is 0 Å². The summed E-state index contributed by atoms with van der Waals surface area (Å²) >= 11 is 1.18. The first-order valence-electron chi connectivity index (χ1n) is 12.8. The highest BCUT2D eigenvalue weighted by Gasteiger charge is 2.23. The van der Waals surface area contributed by atoms with Gasteiger partial charge in [-0.25, -0.2) is 4.98 Å². The molecule has 0 radical (unpaired) electrons. The largest absolute Gasteiger partial charge is 0.465 e. The van der Waals surface area contributed by atoms with Gasteiger partial charge in [0.1, 0.15) is 0 Å². The summed E-state index contributed by atoms with van der Waals surface area (Å²) in [7, 11) is 0. The smallest absolute Gasteiger partial charge is 0.316 e. The van der Waals surface area contributed by atoms with Crippen LogP contribution in [0.25, 0.3) is 10.9 Å². The molecule has 3 aromatic carbocycles. The molecule has 0 saturated heterocycles. The number of carbonyl (C=O) groups excluding carboxylic acids is 2. The van der Waals surface area contributed by atoms with E-state index in [0.717, 1.165) is 17.5 Å². The summed E-state index contributed by atoms with van der Waals surface area (Å²) < 4.78 is 6.68. The number of carbonyl (C=O) groups is 2. The van der Waals surface area contributed by atoms with Crippen LogP contribution in [-0.2, 0) is 35.5 Å². The highest BCUT2D eigenvalue weighted by Crippen LogP contribution is 2.23. The van der Waals surface area contributed by atoms with Crippen molar-refractivity contribution in [3.05, 3.63) is 105 Å². The fraction of sp³-hybridized carbons (Fsp3) is 0.267. The Hall–Kier alpha value is -3.91. The highest BCUT2D eigenvalue weighted by atomic mass is 32.2. The number of rotatable bonds is 8. The lowest BCUT2D eigenvalue weighted by atomic mass is 9.99. The Balaban J connectivity index is 1.45. The molecule has 0 N–H and O–H groups in total. The van der Waals surface area contributed by atoms with E-state index in [9.17, 15) is 14.4 Å². The van der Waals surface area contributed by atoms with E-state index in [1.165, 1.54) is 17.3 Å². The Labute approximate surface area is 225 Å². The number of aromatic nitrogens is 2. The van der Waals surface area contributed by atoms with E-state index in [4.69, 9.17) is 9.72 Å². The van der Waals surface area contributed by atoms with Crippen LogP contribution < -0.4 is 5.56 Å². The quantitative estimate of drug-likeness (QED) is 0.191. The van der Waals surface area contributed by atoms with E-state index >= 15 is 0 Å². The molecular formula is C30H29N3O4S. The summed E-state index contributed by atoms with van der Waals surface area (Å²) in [4.78, 5) is 45.6. The summed E-state index contributed by atoms with van der Waals surface area (Å²) in [6.45, 7) is 3.67. The fourth-order valence-electron chi connectivity index (χ4n) is 4.70. The summed E-state index contributed by atoms with van der Waals surface area (Å²) in [5.41, 5.74) is 4.28. The minimum atomic E-state index is -0.365. The first-order chi connectivity index (χ1) is 18.5. The van der Waals surface area contributed by atoms with Crippen molar-refractivity contribution >= 4 is 34.5 Å². The molecule has 38 heavy (non-hydrogen) atoms. The van der Waals surface area contributed by atoms with Crippen LogP contribution in [0.2, 0.25) is 0 Å². The van der Waals surface area contributed by atoms with E-state index in [1.54, 1.807) is 29.7 Å². The predicted octanol–water partition coefficient (Wildman–Crippen LogP) is 4.49. The lowest BCUT2D eigenvalue weighted by Gasteiger charge is -2.29. The third-order valence-corrected chi connectivity index (χ3v) is 7.63. The lowest BCUT2D eigenvalue weighted by molar-refractivity contribution is -0.139. The topological polar surface area (TPSA) is 81.5 Å². The molecule has 1 amide bonds. The number of ether oxygens (including phenoxy) is 1. The summed E-state index contributed by atoms with van der Waals surface area (Å²) in [5.74, 6) is -0.406. The van der Waals surface area contributed by atoms with Crippen molar-refractivity contribution in [2.24, 2.45) is 0 Å². The van der Waals surface area contributed by atoms with Crippen molar-refractivity contribution < 1.29 is 14.3 Å². The monoisotopic (exact) mass is 527 g/mol. The number of thioether (sulfide) groups is 1. The Kier molecular flexibility index (Phi) is 7.89. The maximum atomic E-state index is 13.6. The lowest BCUT2D eigenvalue weighted by Crippen LogP contribution is -2.36. The number of aryl methyl sites for hydroxylation is 1. The fourth-order valence-corrected chi connectivity index (χ4v) is 5.53. The number of fused-ring (bicyclic) bond motifs is 2. The zero-order valence-electron chi connectivity index (χ0n) is 21.3. The molecule has 0 aliphatic carbocycles. The average Bonchev–Trinajstić information content (AvgIpc) is 2.95. The molecule has 0 spiro atoms. The second-order valence-electron chi connectivity index (χ2n) is 9.16. The van der Waals surface area contributed by atoms with Crippen molar-refractivity contribution in [3.63, 3.8) is 0 Å². The molecule has 1 aromatic heterocycles.